The summed E-state index contributed by atoms with van der Waals surface area (Å²) in [6.45, 7) is 5.96. The third-order valence-electron chi connectivity index (χ3n) is 6.56. The highest BCUT2D eigenvalue weighted by molar-refractivity contribution is 5.81. The van der Waals surface area contributed by atoms with Crippen molar-refractivity contribution in [2.24, 2.45) is 11.3 Å². The smallest absolute Gasteiger partial charge is 0.320 e. The van der Waals surface area contributed by atoms with Crippen molar-refractivity contribution in [3.8, 4) is 0 Å². The van der Waals surface area contributed by atoms with Gasteiger partial charge < -0.3 is 14.6 Å². The summed E-state index contributed by atoms with van der Waals surface area (Å²) in [7, 11) is 0. The second-order valence-electron chi connectivity index (χ2n) is 8.60. The maximum Gasteiger partial charge on any atom is 0.320 e. The van der Waals surface area contributed by atoms with E-state index in [1.165, 1.54) is 0 Å². The Hall–Kier alpha value is -1.89. The lowest BCUT2D eigenvalue weighted by molar-refractivity contribution is -0.142. The lowest BCUT2D eigenvalue weighted by Crippen LogP contribution is -2.44. The number of hydrogen-bond acceptors (Lipinski definition) is 4. The Morgan fingerprint density at radius 2 is 2.04 bits per heavy atom. The van der Waals surface area contributed by atoms with Gasteiger partial charge >= 0.3 is 5.97 Å². The predicted molar refractivity (Wildman–Crippen MR) is 99.9 cm³/mol. The number of rotatable bonds is 6. The van der Waals surface area contributed by atoms with E-state index in [1.807, 2.05) is 11.1 Å². The molecule has 0 aromatic carbocycles. The summed E-state index contributed by atoms with van der Waals surface area (Å²) in [6.07, 6.45) is 9.39. The minimum Gasteiger partial charge on any atom is -0.480 e. The maximum atomic E-state index is 12.3. The van der Waals surface area contributed by atoms with Crippen LogP contribution < -0.4 is 0 Å². The van der Waals surface area contributed by atoms with Crippen LogP contribution in [-0.2, 0) is 22.7 Å². The van der Waals surface area contributed by atoms with E-state index in [1.54, 1.807) is 6.20 Å². The first-order valence-corrected chi connectivity index (χ1v) is 10.3. The third-order valence-corrected chi connectivity index (χ3v) is 6.56. The number of piperidine rings is 1. The summed E-state index contributed by atoms with van der Waals surface area (Å²) >= 11 is 0. The molecular weight excluding hydrogens is 344 g/mol. The van der Waals surface area contributed by atoms with E-state index in [9.17, 15) is 14.7 Å². The van der Waals surface area contributed by atoms with Crippen molar-refractivity contribution in [3.05, 3.63) is 18.2 Å². The van der Waals surface area contributed by atoms with Crippen molar-refractivity contribution in [1.29, 1.82) is 0 Å². The zero-order chi connectivity index (χ0) is 19.0. The Kier molecular flexibility index (Phi) is 4.97. The molecule has 3 fully saturated rings. The number of likely N-dealkylation sites (tertiary alicyclic amines) is 2. The van der Waals surface area contributed by atoms with E-state index in [0.29, 0.717) is 18.9 Å². The molecule has 1 N–H and O–H groups in total. The minimum atomic E-state index is -0.739. The number of imidazole rings is 1. The molecule has 0 bridgehead atoms. The number of carbonyl (C=O) groups is 2. The molecule has 1 atom stereocenters. The van der Waals surface area contributed by atoms with E-state index in [0.717, 1.165) is 64.1 Å². The molecule has 148 valence electrons. The van der Waals surface area contributed by atoms with Crippen LogP contribution in [-0.4, -0.2) is 62.0 Å². The third kappa shape index (κ3) is 3.74. The Balaban J connectivity index is 1.43. The van der Waals surface area contributed by atoms with Gasteiger partial charge in [0.1, 0.15) is 11.9 Å². The number of carboxylic acid groups (broad SMARTS) is 1. The van der Waals surface area contributed by atoms with Gasteiger partial charge in [-0.2, -0.15) is 0 Å². The topological polar surface area (TPSA) is 78.7 Å². The Labute approximate surface area is 160 Å². The first-order chi connectivity index (χ1) is 13.0. The summed E-state index contributed by atoms with van der Waals surface area (Å²) in [4.78, 5) is 32.8. The molecule has 7 heteroatoms. The van der Waals surface area contributed by atoms with Gasteiger partial charge in [-0.05, 0) is 43.9 Å². The van der Waals surface area contributed by atoms with Crippen molar-refractivity contribution in [2.75, 3.05) is 19.6 Å². The molecule has 7 nitrogen and oxygen atoms in total. The molecule has 3 heterocycles. The predicted octanol–water partition coefficient (Wildman–Crippen LogP) is 1.97. The van der Waals surface area contributed by atoms with Gasteiger partial charge in [-0.1, -0.05) is 6.92 Å². The number of aryl methyl sites for hydroxylation is 1. The van der Waals surface area contributed by atoms with Crippen LogP contribution >= 0.6 is 0 Å². The summed E-state index contributed by atoms with van der Waals surface area (Å²) in [5.41, 5.74) is 0.0194. The fraction of sp³-hybridized carbons (Fsp3) is 0.750. The Morgan fingerprint density at radius 3 is 2.67 bits per heavy atom. The fourth-order valence-corrected chi connectivity index (χ4v) is 4.82. The normalized spacial score (nSPS) is 25.2. The van der Waals surface area contributed by atoms with E-state index >= 15 is 0 Å². The molecule has 3 aliphatic rings. The number of amides is 1. The molecule has 1 spiro atoms. The van der Waals surface area contributed by atoms with Crippen molar-refractivity contribution < 1.29 is 14.7 Å². The quantitative estimate of drug-likeness (QED) is 0.824. The van der Waals surface area contributed by atoms with Crippen LogP contribution in [0.25, 0.3) is 0 Å². The van der Waals surface area contributed by atoms with Gasteiger partial charge in [0.2, 0.25) is 5.91 Å². The molecule has 0 radical (unpaired) electrons. The monoisotopic (exact) mass is 374 g/mol. The van der Waals surface area contributed by atoms with Crippen molar-refractivity contribution in [1.82, 2.24) is 19.4 Å². The molecule has 1 amide bonds. The van der Waals surface area contributed by atoms with Crippen LogP contribution in [0.4, 0.5) is 0 Å². The summed E-state index contributed by atoms with van der Waals surface area (Å²) < 4.78 is 2.13. The van der Waals surface area contributed by atoms with Gasteiger partial charge in [-0.25, -0.2) is 4.98 Å². The summed E-state index contributed by atoms with van der Waals surface area (Å²) in [5.74, 6) is 0.790. The maximum absolute atomic E-state index is 12.3. The molecule has 1 aromatic rings. The first-order valence-electron chi connectivity index (χ1n) is 10.3. The van der Waals surface area contributed by atoms with Gasteiger partial charge in [0.05, 0.1) is 6.54 Å². The number of carbonyl (C=O) groups excluding carboxylic acids is 1. The molecule has 2 aliphatic heterocycles. The van der Waals surface area contributed by atoms with Crippen molar-refractivity contribution in [2.45, 2.75) is 64.6 Å². The average molecular weight is 374 g/mol. The molecule has 1 aliphatic carbocycles. The lowest BCUT2D eigenvalue weighted by Gasteiger charge is -2.39. The first kappa shape index (κ1) is 18.5. The van der Waals surface area contributed by atoms with E-state index in [4.69, 9.17) is 0 Å². The molecule has 2 saturated heterocycles. The average Bonchev–Trinajstić information content (AvgIpc) is 3.33. The standard InChI is InChI=1S/C20H30N4O3/c1-2-8-22-11-7-21-17(22)13-24-14-20(12-16(24)19(26)27)5-9-23(10-6-20)18(25)15-3-4-15/h7,11,15-16H,2-6,8-10,12-14H2,1H3,(H,26,27). The molecule has 1 aromatic heterocycles. The summed E-state index contributed by atoms with van der Waals surface area (Å²) in [5, 5.41) is 9.79. The van der Waals surface area contributed by atoms with E-state index < -0.39 is 12.0 Å². The van der Waals surface area contributed by atoms with Crippen molar-refractivity contribution >= 4 is 11.9 Å². The van der Waals surface area contributed by atoms with Crippen LogP contribution in [0.5, 0.6) is 0 Å². The van der Waals surface area contributed by atoms with Crippen molar-refractivity contribution in [3.63, 3.8) is 0 Å². The lowest BCUT2D eigenvalue weighted by atomic mass is 9.76. The van der Waals surface area contributed by atoms with Gasteiger partial charge in [-0.15, -0.1) is 0 Å². The highest BCUT2D eigenvalue weighted by Crippen LogP contribution is 2.44. The Morgan fingerprint density at radius 1 is 1.30 bits per heavy atom. The number of carboxylic acids is 1. The van der Waals surface area contributed by atoms with Gasteiger partial charge in [0, 0.05) is 44.5 Å². The fourth-order valence-electron chi connectivity index (χ4n) is 4.82. The minimum absolute atomic E-state index is 0.0194. The Bertz CT molecular complexity index is 704. The second kappa shape index (κ2) is 7.26. The van der Waals surface area contributed by atoms with Gasteiger partial charge in [0.25, 0.3) is 0 Å². The molecule has 4 rings (SSSR count). The van der Waals surface area contributed by atoms with Crippen LogP contribution in [0.2, 0.25) is 0 Å². The number of aliphatic carboxylic acids is 1. The second-order valence-corrected chi connectivity index (χ2v) is 8.60. The zero-order valence-corrected chi connectivity index (χ0v) is 16.1. The van der Waals surface area contributed by atoms with Crippen LogP contribution in [0.3, 0.4) is 0 Å². The number of aromatic nitrogens is 2. The highest BCUT2D eigenvalue weighted by Gasteiger charge is 2.49. The SMILES string of the molecule is CCCn1ccnc1CN1CC2(CCN(C(=O)C3CC3)CC2)CC1C(=O)O. The molecule has 1 unspecified atom stereocenters. The molecule has 27 heavy (non-hydrogen) atoms. The van der Waals surface area contributed by atoms with Crippen LogP contribution in [0, 0.1) is 11.3 Å². The molecular formula is C20H30N4O3. The molecule has 1 saturated carbocycles. The van der Waals surface area contributed by atoms with Gasteiger partial charge in [0.15, 0.2) is 0 Å². The van der Waals surface area contributed by atoms with E-state index in [2.05, 4.69) is 21.4 Å². The zero-order valence-electron chi connectivity index (χ0n) is 16.1. The summed E-state index contributed by atoms with van der Waals surface area (Å²) in [6, 6.07) is -0.456. The van der Waals surface area contributed by atoms with E-state index in [-0.39, 0.29) is 11.3 Å². The van der Waals surface area contributed by atoms with Gasteiger partial charge in [-0.3, -0.25) is 14.5 Å². The number of nitrogens with zero attached hydrogens (tertiary/aromatic N) is 4. The van der Waals surface area contributed by atoms with Crippen LogP contribution in [0.1, 0.15) is 51.3 Å². The number of hydrogen-bond donors (Lipinski definition) is 1. The highest BCUT2D eigenvalue weighted by atomic mass is 16.4. The van der Waals surface area contributed by atoms with Crippen LogP contribution in [0.15, 0.2) is 12.4 Å². The largest absolute Gasteiger partial charge is 0.480 e.